The first kappa shape index (κ1) is 10.4. The maximum atomic E-state index is 11.3. The SMILES string of the molecule is CC([C]=O)NC(=O)Cc1ccccc1. The second kappa shape index (κ2) is 5.17. The van der Waals surface area contributed by atoms with Gasteiger partial charge in [-0.2, -0.15) is 0 Å². The molecule has 0 heterocycles. The Labute approximate surface area is 83.1 Å². The average molecular weight is 190 g/mol. The van der Waals surface area contributed by atoms with Gasteiger partial charge in [0, 0.05) is 0 Å². The minimum absolute atomic E-state index is 0.160. The predicted molar refractivity (Wildman–Crippen MR) is 53.4 cm³/mol. The van der Waals surface area contributed by atoms with Gasteiger partial charge in [-0.3, -0.25) is 9.59 Å². The molecule has 0 aliphatic heterocycles. The molecule has 3 nitrogen and oxygen atoms in total. The van der Waals surface area contributed by atoms with Crippen LogP contribution in [0.5, 0.6) is 0 Å². The summed E-state index contributed by atoms with van der Waals surface area (Å²) in [5, 5.41) is 2.52. The lowest BCUT2D eigenvalue weighted by molar-refractivity contribution is -0.120. The first-order valence-corrected chi connectivity index (χ1v) is 4.43. The molecule has 1 rings (SSSR count). The molecule has 1 radical (unpaired) electrons. The molecule has 0 saturated carbocycles. The minimum atomic E-state index is -0.536. The van der Waals surface area contributed by atoms with Crippen LogP contribution in [0.1, 0.15) is 12.5 Å². The fraction of sp³-hybridized carbons (Fsp3) is 0.273. The van der Waals surface area contributed by atoms with E-state index in [2.05, 4.69) is 5.32 Å². The zero-order valence-corrected chi connectivity index (χ0v) is 7.99. The molecule has 3 heteroatoms. The monoisotopic (exact) mass is 190 g/mol. The smallest absolute Gasteiger partial charge is 0.225 e. The van der Waals surface area contributed by atoms with Crippen molar-refractivity contribution in [2.45, 2.75) is 19.4 Å². The number of hydrogen-bond acceptors (Lipinski definition) is 2. The lowest BCUT2D eigenvalue weighted by Crippen LogP contribution is -2.34. The molecule has 14 heavy (non-hydrogen) atoms. The highest BCUT2D eigenvalue weighted by molar-refractivity contribution is 5.81. The molecule has 1 amide bonds. The Morgan fingerprint density at radius 3 is 2.64 bits per heavy atom. The summed E-state index contributed by atoms with van der Waals surface area (Å²) in [5.41, 5.74) is 0.933. The van der Waals surface area contributed by atoms with E-state index in [0.29, 0.717) is 6.42 Å². The third kappa shape index (κ3) is 3.39. The van der Waals surface area contributed by atoms with E-state index in [1.165, 1.54) is 0 Å². The highest BCUT2D eigenvalue weighted by Gasteiger charge is 2.06. The molecule has 1 atom stereocenters. The number of nitrogens with one attached hydrogen (secondary N) is 1. The lowest BCUT2D eigenvalue weighted by Gasteiger charge is -2.06. The van der Waals surface area contributed by atoms with E-state index in [9.17, 15) is 9.59 Å². The Morgan fingerprint density at radius 1 is 1.43 bits per heavy atom. The summed E-state index contributed by atoms with van der Waals surface area (Å²) in [4.78, 5) is 21.4. The van der Waals surface area contributed by atoms with E-state index in [1.807, 2.05) is 30.3 Å². The zero-order valence-electron chi connectivity index (χ0n) is 7.99. The van der Waals surface area contributed by atoms with Crippen LogP contribution in [-0.2, 0) is 16.0 Å². The fourth-order valence-corrected chi connectivity index (χ4v) is 1.10. The van der Waals surface area contributed by atoms with Crippen LogP contribution in [-0.4, -0.2) is 18.2 Å². The Balaban J connectivity index is 2.46. The van der Waals surface area contributed by atoms with Crippen LogP contribution < -0.4 is 5.32 Å². The van der Waals surface area contributed by atoms with E-state index >= 15 is 0 Å². The number of benzene rings is 1. The van der Waals surface area contributed by atoms with Crippen LogP contribution in [0.3, 0.4) is 0 Å². The van der Waals surface area contributed by atoms with Crippen molar-refractivity contribution < 1.29 is 9.59 Å². The molecule has 0 saturated heterocycles. The lowest BCUT2D eigenvalue weighted by atomic mass is 10.1. The maximum Gasteiger partial charge on any atom is 0.225 e. The number of hydrogen-bond donors (Lipinski definition) is 1. The molecule has 0 aliphatic rings. The van der Waals surface area contributed by atoms with Crippen molar-refractivity contribution in [3.05, 3.63) is 35.9 Å². The molecular formula is C11H12NO2. The molecule has 1 aromatic carbocycles. The van der Waals surface area contributed by atoms with Gasteiger partial charge in [-0.1, -0.05) is 30.3 Å². The quantitative estimate of drug-likeness (QED) is 0.764. The zero-order chi connectivity index (χ0) is 10.4. The van der Waals surface area contributed by atoms with Crippen molar-refractivity contribution in [1.29, 1.82) is 0 Å². The second-order valence-corrected chi connectivity index (χ2v) is 3.07. The highest BCUT2D eigenvalue weighted by Crippen LogP contribution is 1.99. The van der Waals surface area contributed by atoms with Gasteiger partial charge in [-0.15, -0.1) is 0 Å². The third-order valence-electron chi connectivity index (χ3n) is 1.76. The van der Waals surface area contributed by atoms with E-state index in [0.717, 1.165) is 5.56 Å². The van der Waals surface area contributed by atoms with Gasteiger partial charge in [-0.25, -0.2) is 0 Å². The number of carbonyl (C=O) groups excluding carboxylic acids is 2. The molecule has 0 aliphatic carbocycles. The highest BCUT2D eigenvalue weighted by atomic mass is 16.2. The molecular weight excluding hydrogens is 178 g/mol. The minimum Gasteiger partial charge on any atom is -0.346 e. The van der Waals surface area contributed by atoms with Gasteiger partial charge in [0.2, 0.25) is 12.2 Å². The first-order chi connectivity index (χ1) is 6.72. The van der Waals surface area contributed by atoms with Gasteiger partial charge >= 0.3 is 0 Å². The molecule has 0 fully saturated rings. The molecule has 0 spiro atoms. The van der Waals surface area contributed by atoms with Gasteiger partial charge in [0.15, 0.2) is 0 Å². The van der Waals surface area contributed by atoms with Crippen molar-refractivity contribution in [2.75, 3.05) is 0 Å². The molecule has 0 bridgehead atoms. The molecule has 1 N–H and O–H groups in total. The number of amides is 1. The standard InChI is InChI=1S/C11H12NO2/c1-9(8-13)12-11(14)7-10-5-3-2-4-6-10/h2-6,9H,7H2,1H3,(H,12,14). The summed E-state index contributed by atoms with van der Waals surface area (Å²) in [6, 6.07) is 8.84. The van der Waals surface area contributed by atoms with Crippen LogP contribution in [0.4, 0.5) is 0 Å². The van der Waals surface area contributed by atoms with Crippen LogP contribution >= 0.6 is 0 Å². The van der Waals surface area contributed by atoms with Crippen molar-refractivity contribution in [2.24, 2.45) is 0 Å². The van der Waals surface area contributed by atoms with Gasteiger partial charge in [0.25, 0.3) is 0 Å². The Bertz CT molecular complexity index is 308. The Morgan fingerprint density at radius 2 is 2.07 bits per heavy atom. The Kier molecular flexibility index (Phi) is 3.85. The average Bonchev–Trinajstić information content (AvgIpc) is 2.19. The van der Waals surface area contributed by atoms with Crippen molar-refractivity contribution in [1.82, 2.24) is 5.32 Å². The summed E-state index contributed by atoms with van der Waals surface area (Å²) in [6.45, 7) is 1.59. The van der Waals surface area contributed by atoms with Gasteiger partial charge in [-0.05, 0) is 12.5 Å². The van der Waals surface area contributed by atoms with E-state index in [4.69, 9.17) is 0 Å². The summed E-state index contributed by atoms with van der Waals surface area (Å²) in [5.74, 6) is -0.160. The first-order valence-electron chi connectivity index (χ1n) is 4.43. The number of carbonyl (C=O) groups is 1. The van der Waals surface area contributed by atoms with Crippen LogP contribution in [0.2, 0.25) is 0 Å². The molecule has 73 valence electrons. The predicted octanol–water partition coefficient (Wildman–Crippen LogP) is 0.843. The summed E-state index contributed by atoms with van der Waals surface area (Å²) in [7, 11) is 0. The van der Waals surface area contributed by atoms with Gasteiger partial charge in [0.05, 0.1) is 12.5 Å². The van der Waals surface area contributed by atoms with Crippen LogP contribution in [0.15, 0.2) is 30.3 Å². The molecule has 0 aromatic heterocycles. The molecule has 1 aromatic rings. The van der Waals surface area contributed by atoms with E-state index < -0.39 is 6.04 Å². The van der Waals surface area contributed by atoms with E-state index in [1.54, 1.807) is 13.2 Å². The summed E-state index contributed by atoms with van der Waals surface area (Å²) >= 11 is 0. The van der Waals surface area contributed by atoms with E-state index in [-0.39, 0.29) is 5.91 Å². The molecule has 1 unspecified atom stereocenters. The Hall–Kier alpha value is -1.64. The topological polar surface area (TPSA) is 46.2 Å². The normalized spacial score (nSPS) is 11.8. The largest absolute Gasteiger partial charge is 0.346 e. The van der Waals surface area contributed by atoms with Crippen molar-refractivity contribution in [3.8, 4) is 0 Å². The van der Waals surface area contributed by atoms with Crippen LogP contribution in [0, 0.1) is 0 Å². The van der Waals surface area contributed by atoms with Crippen molar-refractivity contribution >= 4 is 12.2 Å². The number of rotatable bonds is 4. The summed E-state index contributed by atoms with van der Waals surface area (Å²) < 4.78 is 0. The maximum absolute atomic E-state index is 11.3. The fourth-order valence-electron chi connectivity index (χ4n) is 1.10. The summed E-state index contributed by atoms with van der Waals surface area (Å²) in [6.07, 6.45) is 2.00. The van der Waals surface area contributed by atoms with Crippen LogP contribution in [0.25, 0.3) is 0 Å². The van der Waals surface area contributed by atoms with Gasteiger partial charge in [0.1, 0.15) is 0 Å². The van der Waals surface area contributed by atoms with Gasteiger partial charge < -0.3 is 5.32 Å². The van der Waals surface area contributed by atoms with Crippen molar-refractivity contribution in [3.63, 3.8) is 0 Å². The third-order valence-corrected chi connectivity index (χ3v) is 1.76. The second-order valence-electron chi connectivity index (χ2n) is 3.07.